The Labute approximate surface area is 106 Å². The highest BCUT2D eigenvalue weighted by Crippen LogP contribution is 2.44. The molecule has 1 aromatic carbocycles. The van der Waals surface area contributed by atoms with Gasteiger partial charge in [0.05, 0.1) is 12.7 Å². The number of ether oxygens (including phenoxy) is 2. The standard InChI is InChI=1S/C14H14N2O2/c1-3-5-9-10-6-4-7-12(17-2)13(10)18-14(16)11(9)8-15/h3-4,6-7,9H,1,5,16H2,2H3. The number of nitriles is 1. The Balaban J connectivity index is 2.59. The zero-order chi connectivity index (χ0) is 13.1. The average Bonchev–Trinajstić information content (AvgIpc) is 2.38. The lowest BCUT2D eigenvalue weighted by atomic mass is 9.86. The van der Waals surface area contributed by atoms with Crippen molar-refractivity contribution < 1.29 is 9.47 Å². The summed E-state index contributed by atoms with van der Waals surface area (Å²) < 4.78 is 10.8. The van der Waals surface area contributed by atoms with Crippen LogP contribution < -0.4 is 15.2 Å². The minimum Gasteiger partial charge on any atom is -0.493 e. The number of hydrogen-bond acceptors (Lipinski definition) is 4. The summed E-state index contributed by atoms with van der Waals surface area (Å²) in [7, 11) is 1.57. The molecule has 0 aromatic heterocycles. The minimum absolute atomic E-state index is 0.119. The summed E-state index contributed by atoms with van der Waals surface area (Å²) in [6.45, 7) is 3.72. The predicted molar refractivity (Wildman–Crippen MR) is 68.0 cm³/mol. The van der Waals surface area contributed by atoms with Crippen LogP contribution in [0.3, 0.4) is 0 Å². The van der Waals surface area contributed by atoms with Crippen LogP contribution in [-0.4, -0.2) is 7.11 Å². The molecule has 1 aromatic rings. The number of hydrogen-bond donors (Lipinski definition) is 1. The van der Waals surface area contributed by atoms with Crippen molar-refractivity contribution in [3.63, 3.8) is 0 Å². The molecule has 0 amide bonds. The molecule has 0 saturated heterocycles. The first kappa shape index (κ1) is 12.1. The van der Waals surface area contributed by atoms with Gasteiger partial charge in [-0.1, -0.05) is 18.2 Å². The molecule has 2 N–H and O–H groups in total. The number of allylic oxidation sites excluding steroid dienone is 2. The quantitative estimate of drug-likeness (QED) is 0.826. The fourth-order valence-electron chi connectivity index (χ4n) is 2.11. The van der Waals surface area contributed by atoms with Crippen LogP contribution in [0.5, 0.6) is 11.5 Å². The fraction of sp³-hybridized carbons (Fsp3) is 0.214. The van der Waals surface area contributed by atoms with E-state index >= 15 is 0 Å². The Hall–Kier alpha value is -2.41. The van der Waals surface area contributed by atoms with E-state index in [0.717, 1.165) is 5.56 Å². The Morgan fingerprint density at radius 1 is 1.61 bits per heavy atom. The number of nitrogens with zero attached hydrogens (tertiary/aromatic N) is 1. The molecule has 1 unspecified atom stereocenters. The molecule has 4 nitrogen and oxygen atoms in total. The van der Waals surface area contributed by atoms with E-state index in [-0.39, 0.29) is 11.8 Å². The Kier molecular flexibility index (Phi) is 3.24. The first-order chi connectivity index (χ1) is 8.72. The van der Waals surface area contributed by atoms with Crippen molar-refractivity contribution in [2.45, 2.75) is 12.3 Å². The van der Waals surface area contributed by atoms with Crippen molar-refractivity contribution >= 4 is 0 Å². The van der Waals surface area contributed by atoms with Crippen molar-refractivity contribution in [2.75, 3.05) is 7.11 Å². The highest BCUT2D eigenvalue weighted by Gasteiger charge is 2.30. The maximum atomic E-state index is 9.18. The monoisotopic (exact) mass is 242 g/mol. The van der Waals surface area contributed by atoms with E-state index in [4.69, 9.17) is 15.2 Å². The Morgan fingerprint density at radius 3 is 3.00 bits per heavy atom. The molecule has 1 aliphatic rings. The lowest BCUT2D eigenvalue weighted by Gasteiger charge is -2.26. The summed E-state index contributed by atoms with van der Waals surface area (Å²) in [6.07, 6.45) is 2.40. The molecule has 0 fully saturated rings. The predicted octanol–water partition coefficient (Wildman–Crippen LogP) is 2.44. The van der Waals surface area contributed by atoms with E-state index in [0.29, 0.717) is 23.5 Å². The van der Waals surface area contributed by atoms with E-state index in [9.17, 15) is 5.26 Å². The maximum Gasteiger partial charge on any atom is 0.205 e. The molecule has 0 aliphatic carbocycles. The van der Waals surface area contributed by atoms with Crippen molar-refractivity contribution in [3.8, 4) is 17.6 Å². The van der Waals surface area contributed by atoms with E-state index in [1.807, 2.05) is 12.1 Å². The molecule has 1 atom stereocenters. The van der Waals surface area contributed by atoms with Gasteiger partial charge in [-0.3, -0.25) is 0 Å². The molecule has 0 radical (unpaired) electrons. The molecular formula is C14H14N2O2. The largest absolute Gasteiger partial charge is 0.493 e. The van der Waals surface area contributed by atoms with Gasteiger partial charge in [0.25, 0.3) is 0 Å². The number of methoxy groups -OCH3 is 1. The van der Waals surface area contributed by atoms with Crippen LogP contribution >= 0.6 is 0 Å². The van der Waals surface area contributed by atoms with Crippen LogP contribution in [0.1, 0.15) is 17.9 Å². The van der Waals surface area contributed by atoms with Gasteiger partial charge >= 0.3 is 0 Å². The van der Waals surface area contributed by atoms with E-state index in [2.05, 4.69) is 12.6 Å². The van der Waals surface area contributed by atoms with Crippen LogP contribution in [0.2, 0.25) is 0 Å². The summed E-state index contributed by atoms with van der Waals surface area (Å²) >= 11 is 0. The normalized spacial score (nSPS) is 17.4. The molecule has 4 heteroatoms. The van der Waals surface area contributed by atoms with E-state index in [1.54, 1.807) is 19.3 Å². The van der Waals surface area contributed by atoms with Crippen molar-refractivity contribution in [1.82, 2.24) is 0 Å². The van der Waals surface area contributed by atoms with Crippen LogP contribution in [0.25, 0.3) is 0 Å². The van der Waals surface area contributed by atoms with Gasteiger partial charge in [-0.25, -0.2) is 0 Å². The second-order valence-corrected chi connectivity index (χ2v) is 3.95. The molecule has 0 spiro atoms. The summed E-state index contributed by atoms with van der Waals surface area (Å²) in [5.41, 5.74) is 7.14. The van der Waals surface area contributed by atoms with Crippen LogP contribution in [0.4, 0.5) is 0 Å². The number of nitrogens with two attached hydrogens (primary N) is 1. The van der Waals surface area contributed by atoms with Gasteiger partial charge < -0.3 is 15.2 Å². The number of benzene rings is 1. The highest BCUT2D eigenvalue weighted by atomic mass is 16.5. The SMILES string of the molecule is C=CCC1C(C#N)=C(N)Oc2c(OC)cccc21. The first-order valence-corrected chi connectivity index (χ1v) is 5.58. The van der Waals surface area contributed by atoms with E-state index < -0.39 is 0 Å². The van der Waals surface area contributed by atoms with Gasteiger partial charge in [0.15, 0.2) is 11.5 Å². The highest BCUT2D eigenvalue weighted by molar-refractivity contribution is 5.56. The van der Waals surface area contributed by atoms with Gasteiger partial charge in [0.1, 0.15) is 6.07 Å². The first-order valence-electron chi connectivity index (χ1n) is 5.58. The lowest BCUT2D eigenvalue weighted by molar-refractivity contribution is 0.341. The van der Waals surface area contributed by atoms with Crippen molar-refractivity contribution in [2.24, 2.45) is 5.73 Å². The smallest absolute Gasteiger partial charge is 0.205 e. The molecule has 18 heavy (non-hydrogen) atoms. The summed E-state index contributed by atoms with van der Waals surface area (Å²) in [5.74, 6) is 1.22. The topological polar surface area (TPSA) is 68.3 Å². The third-order valence-electron chi connectivity index (χ3n) is 2.95. The molecule has 0 bridgehead atoms. The third-order valence-corrected chi connectivity index (χ3v) is 2.95. The van der Waals surface area contributed by atoms with Crippen molar-refractivity contribution in [1.29, 1.82) is 5.26 Å². The minimum atomic E-state index is -0.119. The second kappa shape index (κ2) is 4.84. The third kappa shape index (κ3) is 1.80. The van der Waals surface area contributed by atoms with Gasteiger partial charge in [-0.05, 0) is 12.5 Å². The van der Waals surface area contributed by atoms with Gasteiger partial charge in [-0.15, -0.1) is 6.58 Å². The molecule has 92 valence electrons. The second-order valence-electron chi connectivity index (χ2n) is 3.95. The van der Waals surface area contributed by atoms with E-state index in [1.165, 1.54) is 0 Å². The molecule has 0 saturated carbocycles. The van der Waals surface area contributed by atoms with Crippen LogP contribution in [0.15, 0.2) is 42.3 Å². The average molecular weight is 242 g/mol. The zero-order valence-electron chi connectivity index (χ0n) is 10.1. The molecule has 1 heterocycles. The molecule has 1 aliphatic heterocycles. The lowest BCUT2D eigenvalue weighted by Crippen LogP contribution is -2.20. The molecular weight excluding hydrogens is 228 g/mol. The zero-order valence-corrected chi connectivity index (χ0v) is 10.1. The number of para-hydroxylation sites is 1. The summed E-state index contributed by atoms with van der Waals surface area (Å²) in [5, 5.41) is 9.18. The van der Waals surface area contributed by atoms with Gasteiger partial charge in [0.2, 0.25) is 5.88 Å². The van der Waals surface area contributed by atoms with Crippen LogP contribution in [0, 0.1) is 11.3 Å². The maximum absolute atomic E-state index is 9.18. The van der Waals surface area contributed by atoms with Gasteiger partial charge in [0, 0.05) is 11.5 Å². The molecule has 2 rings (SSSR count). The van der Waals surface area contributed by atoms with Crippen LogP contribution in [-0.2, 0) is 0 Å². The Bertz CT molecular complexity index is 555. The Morgan fingerprint density at radius 2 is 2.39 bits per heavy atom. The van der Waals surface area contributed by atoms with Gasteiger partial charge in [-0.2, -0.15) is 5.26 Å². The number of fused-ring (bicyclic) bond motifs is 1. The number of rotatable bonds is 3. The fourth-order valence-corrected chi connectivity index (χ4v) is 2.11. The van der Waals surface area contributed by atoms with Crippen molar-refractivity contribution in [3.05, 3.63) is 47.9 Å². The summed E-state index contributed by atoms with van der Waals surface area (Å²) in [4.78, 5) is 0. The summed E-state index contributed by atoms with van der Waals surface area (Å²) in [6, 6.07) is 7.69.